The van der Waals surface area contributed by atoms with E-state index in [1.165, 1.54) is 218 Å². The Morgan fingerprint density at radius 3 is 1.02 bits per heavy atom. The molecule has 0 saturated carbocycles. The van der Waals surface area contributed by atoms with E-state index in [4.69, 9.17) is 14.2 Å². The average Bonchev–Trinajstić information content (AvgIpc) is 3.25. The average molecular weight is 845 g/mol. The molecular formula is C55H104O5. The largest absolute Gasteiger partial charge is 0.462 e. The van der Waals surface area contributed by atoms with Crippen molar-refractivity contribution in [3.05, 3.63) is 24.3 Å². The van der Waals surface area contributed by atoms with Crippen molar-refractivity contribution in [3.63, 3.8) is 0 Å². The second-order valence-electron chi connectivity index (χ2n) is 18.1. The van der Waals surface area contributed by atoms with Crippen molar-refractivity contribution in [1.29, 1.82) is 0 Å². The van der Waals surface area contributed by atoms with Crippen molar-refractivity contribution >= 4 is 11.9 Å². The summed E-state index contributed by atoms with van der Waals surface area (Å²) in [5.74, 6) is -0.390. The first-order chi connectivity index (χ1) is 29.6. The van der Waals surface area contributed by atoms with Gasteiger partial charge >= 0.3 is 11.9 Å². The van der Waals surface area contributed by atoms with Crippen LogP contribution >= 0.6 is 0 Å². The van der Waals surface area contributed by atoms with Crippen LogP contribution in [0, 0.1) is 0 Å². The van der Waals surface area contributed by atoms with E-state index in [0.717, 1.165) is 38.5 Å². The lowest BCUT2D eigenvalue weighted by Crippen LogP contribution is -2.30. The number of esters is 2. The monoisotopic (exact) mass is 845 g/mol. The van der Waals surface area contributed by atoms with Crippen molar-refractivity contribution in [2.45, 2.75) is 297 Å². The van der Waals surface area contributed by atoms with Crippen molar-refractivity contribution in [2.75, 3.05) is 19.8 Å². The molecule has 5 heteroatoms. The third kappa shape index (κ3) is 49.0. The van der Waals surface area contributed by atoms with Crippen LogP contribution in [-0.4, -0.2) is 37.9 Å². The standard InChI is InChI=1S/C55H104O5/c1-4-7-10-13-16-19-21-23-25-27-29-31-33-35-38-41-44-47-50-58-51-53(60-55(57)49-46-43-40-36-18-15-12-9-6-3)52-59-54(56)48-45-42-39-37-34-32-30-28-26-24-22-20-17-14-11-8-5-2/h23-26,53H,4-22,27-52H2,1-3H3/b25-23-,26-24-. The molecule has 0 aromatic rings. The Balaban J connectivity index is 4.14. The number of carbonyl (C=O) groups is 2. The molecule has 0 spiro atoms. The fraction of sp³-hybridized carbons (Fsp3) is 0.891. The van der Waals surface area contributed by atoms with Crippen LogP contribution in [0.3, 0.4) is 0 Å². The fourth-order valence-electron chi connectivity index (χ4n) is 7.91. The third-order valence-electron chi connectivity index (χ3n) is 12.0. The molecule has 60 heavy (non-hydrogen) atoms. The van der Waals surface area contributed by atoms with Crippen LogP contribution in [0.25, 0.3) is 0 Å². The van der Waals surface area contributed by atoms with E-state index >= 15 is 0 Å². The lowest BCUT2D eigenvalue weighted by molar-refractivity contribution is -0.163. The summed E-state index contributed by atoms with van der Waals surface area (Å²) >= 11 is 0. The molecule has 0 fully saturated rings. The number of ether oxygens (including phenoxy) is 3. The van der Waals surface area contributed by atoms with Crippen molar-refractivity contribution < 1.29 is 23.8 Å². The summed E-state index contributed by atoms with van der Waals surface area (Å²) in [7, 11) is 0. The first-order valence-corrected chi connectivity index (χ1v) is 26.9. The highest BCUT2D eigenvalue weighted by atomic mass is 16.6. The Kier molecular flexibility index (Phi) is 50.3. The van der Waals surface area contributed by atoms with E-state index in [1.54, 1.807) is 0 Å². The number of carbonyl (C=O) groups excluding carboxylic acids is 2. The molecule has 5 nitrogen and oxygen atoms in total. The van der Waals surface area contributed by atoms with Gasteiger partial charge in [-0.2, -0.15) is 0 Å². The summed E-state index contributed by atoms with van der Waals surface area (Å²) in [6.45, 7) is 7.84. The number of hydrogen-bond acceptors (Lipinski definition) is 5. The lowest BCUT2D eigenvalue weighted by Gasteiger charge is -2.18. The topological polar surface area (TPSA) is 61.8 Å². The van der Waals surface area contributed by atoms with E-state index in [2.05, 4.69) is 45.1 Å². The van der Waals surface area contributed by atoms with Crippen molar-refractivity contribution in [3.8, 4) is 0 Å². The minimum atomic E-state index is -0.532. The molecule has 0 aliphatic carbocycles. The second kappa shape index (κ2) is 51.7. The van der Waals surface area contributed by atoms with Gasteiger partial charge in [0.2, 0.25) is 0 Å². The Morgan fingerprint density at radius 1 is 0.350 bits per heavy atom. The smallest absolute Gasteiger partial charge is 0.306 e. The van der Waals surface area contributed by atoms with Gasteiger partial charge in [0.15, 0.2) is 6.10 Å². The van der Waals surface area contributed by atoms with Gasteiger partial charge in [0.1, 0.15) is 6.61 Å². The van der Waals surface area contributed by atoms with Gasteiger partial charge in [-0.15, -0.1) is 0 Å². The second-order valence-corrected chi connectivity index (χ2v) is 18.1. The van der Waals surface area contributed by atoms with Crippen LogP contribution in [0.4, 0.5) is 0 Å². The summed E-state index contributed by atoms with van der Waals surface area (Å²) in [6, 6.07) is 0. The van der Waals surface area contributed by atoms with E-state index in [0.29, 0.717) is 26.1 Å². The Hall–Kier alpha value is -1.62. The first-order valence-electron chi connectivity index (χ1n) is 26.9. The summed E-state index contributed by atoms with van der Waals surface area (Å²) < 4.78 is 17.4. The molecule has 354 valence electrons. The van der Waals surface area contributed by atoms with Gasteiger partial charge in [-0.25, -0.2) is 0 Å². The number of rotatable bonds is 50. The van der Waals surface area contributed by atoms with Crippen molar-refractivity contribution in [1.82, 2.24) is 0 Å². The van der Waals surface area contributed by atoms with Gasteiger partial charge in [0.25, 0.3) is 0 Å². The van der Waals surface area contributed by atoms with Gasteiger partial charge in [-0.1, -0.05) is 231 Å². The molecule has 0 N–H and O–H groups in total. The lowest BCUT2D eigenvalue weighted by atomic mass is 10.1. The van der Waals surface area contributed by atoms with Crippen molar-refractivity contribution in [2.24, 2.45) is 0 Å². The zero-order chi connectivity index (χ0) is 43.5. The maximum atomic E-state index is 12.7. The predicted molar refractivity (Wildman–Crippen MR) is 261 cm³/mol. The zero-order valence-electron chi connectivity index (χ0n) is 40.7. The molecule has 0 rings (SSSR count). The molecule has 0 radical (unpaired) electrons. The first kappa shape index (κ1) is 58.4. The minimum Gasteiger partial charge on any atom is -0.462 e. The van der Waals surface area contributed by atoms with Gasteiger partial charge in [0.05, 0.1) is 6.61 Å². The summed E-state index contributed by atoms with van der Waals surface area (Å²) in [5, 5.41) is 0. The molecule has 0 aliphatic rings. The van der Waals surface area contributed by atoms with Gasteiger partial charge in [-0.3, -0.25) is 9.59 Å². The highest BCUT2D eigenvalue weighted by Crippen LogP contribution is 2.15. The van der Waals surface area contributed by atoms with Crippen LogP contribution in [-0.2, 0) is 23.8 Å². The Labute approximate surface area is 375 Å². The highest BCUT2D eigenvalue weighted by molar-refractivity contribution is 5.70. The molecule has 0 aliphatic heterocycles. The molecule has 0 aromatic heterocycles. The molecule has 0 saturated heterocycles. The fourth-order valence-corrected chi connectivity index (χ4v) is 7.91. The molecule has 0 heterocycles. The van der Waals surface area contributed by atoms with Crippen LogP contribution in [0.5, 0.6) is 0 Å². The molecule has 0 aromatic carbocycles. The maximum absolute atomic E-state index is 12.7. The van der Waals surface area contributed by atoms with Gasteiger partial charge < -0.3 is 14.2 Å². The summed E-state index contributed by atoms with van der Waals surface area (Å²) in [5.41, 5.74) is 0. The summed E-state index contributed by atoms with van der Waals surface area (Å²) in [6.07, 6.45) is 60.5. The molecule has 0 bridgehead atoms. The SMILES string of the molecule is CCCCCCCC/C=C\CCCCCCCCCCOCC(COC(=O)CCCCCCCCC/C=C\CCCCCCCC)OC(=O)CCCCCCCCCCC. The highest BCUT2D eigenvalue weighted by Gasteiger charge is 2.17. The normalized spacial score (nSPS) is 12.2. The minimum absolute atomic E-state index is 0.0880. The quantitative estimate of drug-likeness (QED) is 0.0347. The van der Waals surface area contributed by atoms with E-state index in [1.807, 2.05) is 0 Å². The predicted octanol–water partition coefficient (Wildman–Crippen LogP) is 18.0. The van der Waals surface area contributed by atoms with Crippen LogP contribution in [0.1, 0.15) is 290 Å². The molecule has 1 atom stereocenters. The van der Waals surface area contributed by atoms with E-state index in [-0.39, 0.29) is 18.5 Å². The van der Waals surface area contributed by atoms with E-state index < -0.39 is 6.10 Å². The van der Waals surface area contributed by atoms with E-state index in [9.17, 15) is 9.59 Å². The Morgan fingerprint density at radius 2 is 0.650 bits per heavy atom. The van der Waals surface area contributed by atoms with Crippen LogP contribution in [0.2, 0.25) is 0 Å². The Bertz CT molecular complexity index is 913. The number of unbranched alkanes of at least 4 members (excludes halogenated alkanes) is 35. The maximum Gasteiger partial charge on any atom is 0.306 e. The molecule has 1 unspecified atom stereocenters. The van der Waals surface area contributed by atoms with Gasteiger partial charge in [-0.05, 0) is 70.6 Å². The zero-order valence-corrected chi connectivity index (χ0v) is 40.7. The van der Waals surface area contributed by atoms with Crippen LogP contribution in [0.15, 0.2) is 24.3 Å². The molecule has 0 amide bonds. The van der Waals surface area contributed by atoms with Crippen LogP contribution < -0.4 is 0 Å². The van der Waals surface area contributed by atoms with Gasteiger partial charge in [0, 0.05) is 19.4 Å². The summed E-state index contributed by atoms with van der Waals surface area (Å²) in [4.78, 5) is 25.3. The third-order valence-corrected chi connectivity index (χ3v) is 12.0. The molecular weight excluding hydrogens is 741 g/mol. The number of hydrogen-bond donors (Lipinski definition) is 0. The number of allylic oxidation sites excluding steroid dienone is 4.